The summed E-state index contributed by atoms with van der Waals surface area (Å²) in [4.78, 5) is 26.8. The monoisotopic (exact) mass is 314 g/mol. The van der Waals surface area contributed by atoms with Gasteiger partial charge in [-0.25, -0.2) is 0 Å². The second-order valence-corrected chi connectivity index (χ2v) is 4.47. The highest BCUT2D eigenvalue weighted by Gasteiger charge is 2.23. The fourth-order valence-corrected chi connectivity index (χ4v) is 1.95. The van der Waals surface area contributed by atoms with E-state index in [4.69, 9.17) is 9.47 Å². The molecule has 7 nitrogen and oxygen atoms in total. The third kappa shape index (κ3) is 3.70. The summed E-state index contributed by atoms with van der Waals surface area (Å²) < 4.78 is 10.1. The van der Waals surface area contributed by atoms with E-state index < -0.39 is 10.7 Å². The molecule has 0 radical (unpaired) electrons. The number of carbonyl (C=O) groups excluding carboxylic acids is 1. The van der Waals surface area contributed by atoms with Gasteiger partial charge in [0, 0.05) is 18.5 Å². The van der Waals surface area contributed by atoms with Gasteiger partial charge in [-0.2, -0.15) is 0 Å². The van der Waals surface area contributed by atoms with Crippen LogP contribution in [-0.4, -0.2) is 29.9 Å². The van der Waals surface area contributed by atoms with E-state index in [1.54, 1.807) is 24.5 Å². The summed E-state index contributed by atoms with van der Waals surface area (Å²) in [6.45, 7) is 0. The van der Waals surface area contributed by atoms with Crippen LogP contribution in [0.15, 0.2) is 42.7 Å². The average molecular weight is 314 g/mol. The molecular weight excluding hydrogens is 300 g/mol. The van der Waals surface area contributed by atoms with Crippen molar-refractivity contribution in [2.24, 2.45) is 0 Å². The van der Waals surface area contributed by atoms with Gasteiger partial charge in [-0.3, -0.25) is 19.9 Å². The molecule has 0 unspecified atom stereocenters. The summed E-state index contributed by atoms with van der Waals surface area (Å²) in [5, 5.41) is 11.2. The molecule has 0 spiro atoms. The summed E-state index contributed by atoms with van der Waals surface area (Å²) in [6.07, 6.45) is 5.98. The van der Waals surface area contributed by atoms with Crippen LogP contribution in [0, 0.1) is 10.1 Å². The maximum atomic E-state index is 12.3. The number of rotatable bonds is 6. The van der Waals surface area contributed by atoms with Crippen LogP contribution in [0.2, 0.25) is 0 Å². The van der Waals surface area contributed by atoms with E-state index in [0.29, 0.717) is 5.56 Å². The van der Waals surface area contributed by atoms with Gasteiger partial charge in [-0.05, 0) is 23.8 Å². The van der Waals surface area contributed by atoms with Crippen molar-refractivity contribution >= 4 is 17.5 Å². The lowest BCUT2D eigenvalue weighted by Crippen LogP contribution is -2.03. The van der Waals surface area contributed by atoms with E-state index in [-0.39, 0.29) is 22.7 Å². The van der Waals surface area contributed by atoms with Gasteiger partial charge in [0.25, 0.3) is 5.69 Å². The molecule has 2 aromatic rings. The SMILES string of the molecule is COc1cc(C(=O)/C=C/c2cccnc2)c([N+](=O)[O-])cc1OC. The predicted molar refractivity (Wildman–Crippen MR) is 83.8 cm³/mol. The first-order chi connectivity index (χ1) is 11.1. The lowest BCUT2D eigenvalue weighted by molar-refractivity contribution is -0.385. The second kappa shape index (κ2) is 7.17. The number of nitro benzene ring substituents is 1. The summed E-state index contributed by atoms with van der Waals surface area (Å²) in [5.74, 6) is -0.0790. The number of hydrogen-bond acceptors (Lipinski definition) is 6. The second-order valence-electron chi connectivity index (χ2n) is 4.47. The van der Waals surface area contributed by atoms with Gasteiger partial charge in [0.2, 0.25) is 0 Å². The first-order valence-electron chi connectivity index (χ1n) is 6.59. The minimum absolute atomic E-state index is 0.0761. The van der Waals surface area contributed by atoms with Gasteiger partial charge in [0.15, 0.2) is 17.3 Å². The number of hydrogen-bond donors (Lipinski definition) is 0. The van der Waals surface area contributed by atoms with E-state index in [0.717, 1.165) is 0 Å². The van der Waals surface area contributed by atoms with E-state index in [9.17, 15) is 14.9 Å². The van der Waals surface area contributed by atoms with Gasteiger partial charge >= 0.3 is 0 Å². The molecule has 0 aliphatic heterocycles. The number of nitrogens with zero attached hydrogens (tertiary/aromatic N) is 2. The minimum Gasteiger partial charge on any atom is -0.493 e. The van der Waals surface area contributed by atoms with Crippen molar-refractivity contribution in [3.05, 3.63) is 64.0 Å². The maximum absolute atomic E-state index is 12.3. The molecule has 1 aromatic carbocycles. The molecule has 0 fully saturated rings. The van der Waals surface area contributed by atoms with Crippen LogP contribution in [0.5, 0.6) is 11.5 Å². The zero-order valence-corrected chi connectivity index (χ0v) is 12.6. The van der Waals surface area contributed by atoms with Crippen molar-refractivity contribution < 1.29 is 19.2 Å². The number of ether oxygens (including phenoxy) is 2. The van der Waals surface area contributed by atoms with Crippen molar-refractivity contribution in [3.8, 4) is 11.5 Å². The zero-order valence-electron chi connectivity index (χ0n) is 12.6. The fraction of sp³-hybridized carbons (Fsp3) is 0.125. The number of pyridine rings is 1. The predicted octanol–water partition coefficient (Wildman–Crippen LogP) is 2.90. The smallest absolute Gasteiger partial charge is 0.284 e. The Morgan fingerprint density at radius 3 is 2.52 bits per heavy atom. The molecular formula is C16H14N2O5. The van der Waals surface area contributed by atoms with E-state index in [1.165, 1.54) is 38.5 Å². The number of methoxy groups -OCH3 is 2. The van der Waals surface area contributed by atoms with Crippen LogP contribution in [0.3, 0.4) is 0 Å². The molecule has 23 heavy (non-hydrogen) atoms. The van der Waals surface area contributed by atoms with E-state index >= 15 is 0 Å². The molecule has 0 amide bonds. The largest absolute Gasteiger partial charge is 0.493 e. The number of carbonyl (C=O) groups is 1. The highest BCUT2D eigenvalue weighted by Crippen LogP contribution is 2.34. The number of ketones is 1. The Morgan fingerprint density at radius 1 is 1.26 bits per heavy atom. The lowest BCUT2D eigenvalue weighted by Gasteiger charge is -2.09. The number of nitro groups is 1. The molecule has 0 aliphatic rings. The van der Waals surface area contributed by atoms with Crippen molar-refractivity contribution in [1.29, 1.82) is 0 Å². The van der Waals surface area contributed by atoms with Crippen LogP contribution < -0.4 is 9.47 Å². The van der Waals surface area contributed by atoms with Crippen molar-refractivity contribution in [2.45, 2.75) is 0 Å². The molecule has 0 aliphatic carbocycles. The Kier molecular flexibility index (Phi) is 5.03. The maximum Gasteiger partial charge on any atom is 0.284 e. The standard InChI is InChI=1S/C16H14N2O5/c1-22-15-8-12(13(18(20)21)9-16(15)23-2)14(19)6-5-11-4-3-7-17-10-11/h3-10H,1-2H3/b6-5+. The molecule has 118 valence electrons. The topological polar surface area (TPSA) is 91.6 Å². The minimum atomic E-state index is -0.632. The number of aromatic nitrogens is 1. The van der Waals surface area contributed by atoms with Crippen LogP contribution in [-0.2, 0) is 0 Å². The van der Waals surface area contributed by atoms with Crippen LogP contribution in [0.1, 0.15) is 15.9 Å². The molecule has 1 heterocycles. The summed E-state index contributed by atoms with van der Waals surface area (Å²) >= 11 is 0. The third-order valence-electron chi connectivity index (χ3n) is 3.08. The van der Waals surface area contributed by atoms with E-state index in [2.05, 4.69) is 4.98 Å². The van der Waals surface area contributed by atoms with E-state index in [1.807, 2.05) is 0 Å². The highest BCUT2D eigenvalue weighted by molar-refractivity contribution is 6.09. The Bertz CT molecular complexity index is 757. The van der Waals surface area contributed by atoms with Crippen LogP contribution in [0.25, 0.3) is 6.08 Å². The fourth-order valence-electron chi connectivity index (χ4n) is 1.95. The average Bonchev–Trinajstić information content (AvgIpc) is 2.59. The molecule has 0 atom stereocenters. The quantitative estimate of drug-likeness (QED) is 0.352. The first kappa shape index (κ1) is 16.2. The Balaban J connectivity index is 2.42. The van der Waals surface area contributed by atoms with Crippen LogP contribution >= 0.6 is 0 Å². The van der Waals surface area contributed by atoms with Gasteiger partial charge in [0.1, 0.15) is 5.56 Å². The Labute approximate surface area is 132 Å². The third-order valence-corrected chi connectivity index (χ3v) is 3.08. The highest BCUT2D eigenvalue weighted by atomic mass is 16.6. The van der Waals surface area contributed by atoms with Gasteiger partial charge in [-0.1, -0.05) is 6.07 Å². The molecule has 7 heteroatoms. The normalized spacial score (nSPS) is 10.5. The first-order valence-corrected chi connectivity index (χ1v) is 6.59. The molecule has 0 saturated carbocycles. The summed E-state index contributed by atoms with van der Waals surface area (Å²) in [7, 11) is 2.76. The van der Waals surface area contributed by atoms with Gasteiger partial charge in [0.05, 0.1) is 25.2 Å². The van der Waals surface area contributed by atoms with Gasteiger partial charge in [-0.15, -0.1) is 0 Å². The number of allylic oxidation sites excluding steroid dienone is 1. The zero-order chi connectivity index (χ0) is 16.8. The Hall–Kier alpha value is -3.22. The summed E-state index contributed by atoms with van der Waals surface area (Å²) in [6, 6.07) is 5.96. The molecule has 1 aromatic heterocycles. The molecule has 2 rings (SSSR count). The van der Waals surface area contributed by atoms with Crippen LogP contribution in [0.4, 0.5) is 5.69 Å². The van der Waals surface area contributed by atoms with Crippen molar-refractivity contribution in [3.63, 3.8) is 0 Å². The summed E-state index contributed by atoms with van der Waals surface area (Å²) in [5.41, 5.74) is 0.292. The molecule has 0 saturated heterocycles. The Morgan fingerprint density at radius 2 is 1.96 bits per heavy atom. The van der Waals surface area contributed by atoms with Gasteiger partial charge < -0.3 is 9.47 Å². The molecule has 0 bridgehead atoms. The lowest BCUT2D eigenvalue weighted by atomic mass is 10.1. The number of benzene rings is 1. The molecule has 0 N–H and O–H groups in total. The van der Waals surface area contributed by atoms with Crippen molar-refractivity contribution in [1.82, 2.24) is 4.98 Å². The van der Waals surface area contributed by atoms with Crippen molar-refractivity contribution in [2.75, 3.05) is 14.2 Å².